The van der Waals surface area contributed by atoms with Crippen LogP contribution in [0.2, 0.25) is 0 Å². The van der Waals surface area contributed by atoms with Crippen molar-refractivity contribution in [3.05, 3.63) is 71.8 Å². The predicted octanol–water partition coefficient (Wildman–Crippen LogP) is 4.29. The lowest BCUT2D eigenvalue weighted by Crippen LogP contribution is -2.02. The summed E-state index contributed by atoms with van der Waals surface area (Å²) in [6.07, 6.45) is 3.64. The third-order valence-corrected chi connectivity index (χ3v) is 3.51. The molecule has 2 aromatic carbocycles. The molecule has 0 amide bonds. The summed E-state index contributed by atoms with van der Waals surface area (Å²) in [7, 11) is 0. The number of nitrogens with one attached hydrogen (secondary N) is 1. The van der Waals surface area contributed by atoms with Crippen LogP contribution in [0.25, 0.3) is 10.8 Å². The summed E-state index contributed by atoms with van der Waals surface area (Å²) < 4.78 is 13.5. The second-order valence-electron chi connectivity index (χ2n) is 4.78. The van der Waals surface area contributed by atoms with Gasteiger partial charge in [0.1, 0.15) is 5.82 Å². The number of halogens is 1. The number of benzene rings is 2. The van der Waals surface area contributed by atoms with Gasteiger partial charge >= 0.3 is 0 Å². The van der Waals surface area contributed by atoms with Gasteiger partial charge in [-0.2, -0.15) is 0 Å². The van der Waals surface area contributed by atoms with E-state index in [0.29, 0.717) is 12.1 Å². The number of anilines is 1. The molecule has 0 unspecified atom stereocenters. The summed E-state index contributed by atoms with van der Waals surface area (Å²) in [5, 5.41) is 5.59. The molecule has 0 aliphatic rings. The summed E-state index contributed by atoms with van der Waals surface area (Å²) in [6.45, 7) is 2.44. The first kappa shape index (κ1) is 12.6. The van der Waals surface area contributed by atoms with Gasteiger partial charge in [0.05, 0.1) is 0 Å². The maximum absolute atomic E-state index is 13.5. The Balaban J connectivity index is 1.89. The van der Waals surface area contributed by atoms with Crippen molar-refractivity contribution in [2.24, 2.45) is 0 Å². The zero-order valence-electron chi connectivity index (χ0n) is 11.2. The van der Waals surface area contributed by atoms with Crippen molar-refractivity contribution in [2.45, 2.75) is 13.5 Å². The van der Waals surface area contributed by atoms with E-state index in [1.165, 1.54) is 17.0 Å². The van der Waals surface area contributed by atoms with Gasteiger partial charge in [-0.1, -0.05) is 24.3 Å². The summed E-state index contributed by atoms with van der Waals surface area (Å²) in [4.78, 5) is 4.13. The fourth-order valence-electron chi connectivity index (χ4n) is 2.33. The van der Waals surface area contributed by atoms with Crippen LogP contribution in [0.5, 0.6) is 0 Å². The molecule has 1 aromatic heterocycles. The fourth-order valence-corrected chi connectivity index (χ4v) is 2.33. The van der Waals surface area contributed by atoms with Crippen LogP contribution in [0, 0.1) is 12.7 Å². The number of aromatic nitrogens is 1. The van der Waals surface area contributed by atoms with E-state index in [9.17, 15) is 4.39 Å². The molecule has 0 aliphatic heterocycles. The molecule has 0 atom stereocenters. The number of pyridine rings is 1. The van der Waals surface area contributed by atoms with Crippen molar-refractivity contribution < 1.29 is 4.39 Å². The minimum atomic E-state index is -0.183. The monoisotopic (exact) mass is 266 g/mol. The highest BCUT2D eigenvalue weighted by Gasteiger charge is 2.04. The number of hydrogen-bond donors (Lipinski definition) is 1. The van der Waals surface area contributed by atoms with Crippen LogP contribution >= 0.6 is 0 Å². The molecule has 0 radical (unpaired) electrons. The van der Waals surface area contributed by atoms with Gasteiger partial charge in [0.25, 0.3) is 0 Å². The molecule has 1 N–H and O–H groups in total. The van der Waals surface area contributed by atoms with E-state index >= 15 is 0 Å². The van der Waals surface area contributed by atoms with Crippen molar-refractivity contribution >= 4 is 16.5 Å². The van der Waals surface area contributed by atoms with Gasteiger partial charge in [-0.05, 0) is 36.1 Å². The Morgan fingerprint density at radius 2 is 1.95 bits per heavy atom. The highest BCUT2D eigenvalue weighted by Crippen LogP contribution is 2.21. The van der Waals surface area contributed by atoms with Crippen LogP contribution in [0.4, 0.5) is 10.1 Å². The van der Waals surface area contributed by atoms with Gasteiger partial charge < -0.3 is 5.32 Å². The van der Waals surface area contributed by atoms with Crippen LogP contribution < -0.4 is 5.32 Å². The largest absolute Gasteiger partial charge is 0.381 e. The quantitative estimate of drug-likeness (QED) is 0.764. The van der Waals surface area contributed by atoms with Gasteiger partial charge in [-0.25, -0.2) is 4.39 Å². The van der Waals surface area contributed by atoms with E-state index in [2.05, 4.69) is 16.4 Å². The third-order valence-electron chi connectivity index (χ3n) is 3.51. The maximum Gasteiger partial charge on any atom is 0.128 e. The number of fused-ring (bicyclic) bond motifs is 1. The molecule has 3 heteroatoms. The average Bonchev–Trinajstić information content (AvgIpc) is 2.49. The van der Waals surface area contributed by atoms with Crippen LogP contribution in [0.3, 0.4) is 0 Å². The predicted molar refractivity (Wildman–Crippen MR) is 80.2 cm³/mol. The van der Waals surface area contributed by atoms with Crippen molar-refractivity contribution in [1.29, 1.82) is 0 Å². The molecule has 0 saturated carbocycles. The van der Waals surface area contributed by atoms with Gasteiger partial charge in [0, 0.05) is 35.6 Å². The number of rotatable bonds is 3. The first-order valence-corrected chi connectivity index (χ1v) is 6.56. The van der Waals surface area contributed by atoms with E-state index in [0.717, 1.165) is 11.1 Å². The highest BCUT2D eigenvalue weighted by molar-refractivity contribution is 5.85. The average molecular weight is 266 g/mol. The Morgan fingerprint density at radius 3 is 2.85 bits per heavy atom. The van der Waals surface area contributed by atoms with Crippen molar-refractivity contribution in [1.82, 2.24) is 4.98 Å². The summed E-state index contributed by atoms with van der Waals surface area (Å²) in [5.74, 6) is -0.183. The van der Waals surface area contributed by atoms with Crippen LogP contribution in [0.1, 0.15) is 11.1 Å². The maximum atomic E-state index is 13.5. The summed E-state index contributed by atoms with van der Waals surface area (Å²) in [5.41, 5.74) is 2.65. The fraction of sp³-hybridized carbons (Fsp3) is 0.118. The lowest BCUT2D eigenvalue weighted by molar-refractivity contribution is 0.619. The van der Waals surface area contributed by atoms with E-state index in [-0.39, 0.29) is 5.82 Å². The Labute approximate surface area is 117 Å². The molecule has 2 nitrogen and oxygen atoms in total. The zero-order chi connectivity index (χ0) is 13.9. The highest BCUT2D eigenvalue weighted by atomic mass is 19.1. The van der Waals surface area contributed by atoms with Crippen molar-refractivity contribution in [3.63, 3.8) is 0 Å². The minimum Gasteiger partial charge on any atom is -0.381 e. The molecule has 0 spiro atoms. The molecular formula is C17H15FN2. The minimum absolute atomic E-state index is 0.183. The van der Waals surface area contributed by atoms with E-state index in [1.807, 2.05) is 30.5 Å². The molecule has 0 bridgehead atoms. The first-order valence-electron chi connectivity index (χ1n) is 6.56. The lowest BCUT2D eigenvalue weighted by Gasteiger charge is -2.11. The van der Waals surface area contributed by atoms with Crippen LogP contribution in [-0.2, 0) is 6.54 Å². The number of nitrogens with zero attached hydrogens (tertiary/aromatic N) is 1. The second-order valence-corrected chi connectivity index (χ2v) is 4.78. The summed E-state index contributed by atoms with van der Waals surface area (Å²) >= 11 is 0. The van der Waals surface area contributed by atoms with Crippen molar-refractivity contribution in [2.75, 3.05) is 5.32 Å². The van der Waals surface area contributed by atoms with Crippen molar-refractivity contribution in [3.8, 4) is 0 Å². The van der Waals surface area contributed by atoms with E-state index < -0.39 is 0 Å². The Bertz CT molecular complexity index is 748. The standard InChI is InChI=1S/C17H15FN2/c1-12-16(18)6-3-7-17(12)20-11-14-5-2-4-13-10-19-9-8-15(13)14/h2-10,20H,11H2,1H3. The molecule has 0 aliphatic carbocycles. The normalized spacial score (nSPS) is 10.7. The zero-order valence-corrected chi connectivity index (χ0v) is 11.2. The van der Waals surface area contributed by atoms with E-state index in [4.69, 9.17) is 0 Å². The molecule has 0 saturated heterocycles. The molecule has 100 valence electrons. The van der Waals surface area contributed by atoms with Crippen LogP contribution in [-0.4, -0.2) is 4.98 Å². The SMILES string of the molecule is Cc1c(F)cccc1NCc1cccc2cnccc12. The van der Waals surface area contributed by atoms with Crippen LogP contribution in [0.15, 0.2) is 54.9 Å². The Morgan fingerprint density at radius 1 is 1.10 bits per heavy atom. The van der Waals surface area contributed by atoms with Gasteiger partial charge in [0.15, 0.2) is 0 Å². The molecular weight excluding hydrogens is 251 g/mol. The third kappa shape index (κ3) is 2.35. The Kier molecular flexibility index (Phi) is 3.33. The van der Waals surface area contributed by atoms with Gasteiger partial charge in [0.2, 0.25) is 0 Å². The first-order chi connectivity index (χ1) is 9.75. The van der Waals surface area contributed by atoms with Gasteiger partial charge in [-0.15, -0.1) is 0 Å². The number of hydrogen-bond acceptors (Lipinski definition) is 2. The van der Waals surface area contributed by atoms with Gasteiger partial charge in [-0.3, -0.25) is 4.98 Å². The summed E-state index contributed by atoms with van der Waals surface area (Å²) in [6, 6.07) is 13.2. The Hall–Kier alpha value is -2.42. The molecule has 3 rings (SSSR count). The smallest absolute Gasteiger partial charge is 0.128 e. The molecule has 1 heterocycles. The molecule has 3 aromatic rings. The lowest BCUT2D eigenvalue weighted by atomic mass is 10.1. The molecule has 20 heavy (non-hydrogen) atoms. The van der Waals surface area contributed by atoms with E-state index in [1.54, 1.807) is 19.2 Å². The topological polar surface area (TPSA) is 24.9 Å². The molecule has 0 fully saturated rings. The second kappa shape index (κ2) is 5.29.